The summed E-state index contributed by atoms with van der Waals surface area (Å²) in [5.74, 6) is 3.36. The summed E-state index contributed by atoms with van der Waals surface area (Å²) in [7, 11) is 0. The molecule has 194 valence electrons. The van der Waals surface area contributed by atoms with Crippen molar-refractivity contribution in [1.29, 1.82) is 0 Å². The molecule has 0 radical (unpaired) electrons. The summed E-state index contributed by atoms with van der Waals surface area (Å²) in [6.45, 7) is 17.4. The van der Waals surface area contributed by atoms with Gasteiger partial charge in [0.25, 0.3) is 0 Å². The zero-order valence-electron chi connectivity index (χ0n) is 23.1. The monoisotopic (exact) mass is 506 g/mol. The van der Waals surface area contributed by atoms with E-state index in [0.29, 0.717) is 23.7 Å². The fourth-order valence-corrected chi connectivity index (χ4v) is 4.56. The summed E-state index contributed by atoms with van der Waals surface area (Å²) < 4.78 is 0. The van der Waals surface area contributed by atoms with Crippen molar-refractivity contribution in [3.8, 4) is 0 Å². The predicted octanol–water partition coefficient (Wildman–Crippen LogP) is 7.33. The predicted molar refractivity (Wildman–Crippen MR) is 150 cm³/mol. The Bertz CT molecular complexity index is 1130. The van der Waals surface area contributed by atoms with Crippen molar-refractivity contribution in [2.24, 2.45) is 0 Å². The second kappa shape index (κ2) is 12.7. The van der Waals surface area contributed by atoms with Crippen LogP contribution in [0.5, 0.6) is 0 Å². The van der Waals surface area contributed by atoms with Crippen LogP contribution in [0.1, 0.15) is 143 Å². The summed E-state index contributed by atoms with van der Waals surface area (Å²) >= 11 is 4.63. The van der Waals surface area contributed by atoms with Crippen LogP contribution in [0.2, 0.25) is 0 Å². The first-order chi connectivity index (χ1) is 17.1. The first kappa shape index (κ1) is 28.2. The first-order valence-corrected chi connectivity index (χ1v) is 13.8. The lowest BCUT2D eigenvalue weighted by Crippen LogP contribution is -2.12. The van der Waals surface area contributed by atoms with Crippen LogP contribution in [-0.2, 0) is 6.42 Å². The van der Waals surface area contributed by atoms with Gasteiger partial charge in [-0.1, -0.05) is 48.5 Å². The normalized spacial score (nSPS) is 15.2. The third-order valence-electron chi connectivity index (χ3n) is 6.85. The maximum absolute atomic E-state index is 5.04. The molecule has 36 heavy (non-hydrogen) atoms. The molecule has 4 unspecified atom stereocenters. The van der Waals surface area contributed by atoms with Crippen LogP contribution in [0.25, 0.3) is 0 Å². The van der Waals surface area contributed by atoms with Crippen molar-refractivity contribution in [3.63, 3.8) is 0 Å². The van der Waals surface area contributed by atoms with Crippen molar-refractivity contribution >= 4 is 12.6 Å². The molecule has 3 aromatic rings. The van der Waals surface area contributed by atoms with E-state index in [1.165, 1.54) is 0 Å². The zero-order valence-corrected chi connectivity index (χ0v) is 24.0. The van der Waals surface area contributed by atoms with Gasteiger partial charge in [-0.05, 0) is 49.7 Å². The Morgan fingerprint density at radius 2 is 1.42 bits per heavy atom. The third kappa shape index (κ3) is 7.31. The zero-order chi connectivity index (χ0) is 26.4. The molecule has 0 saturated heterocycles. The highest BCUT2D eigenvalue weighted by Gasteiger charge is 2.20. The fraction of sp³-hybridized carbons (Fsp3) is 0.586. The molecule has 0 fully saturated rings. The van der Waals surface area contributed by atoms with Gasteiger partial charge in [-0.3, -0.25) is 0 Å². The molecule has 0 aromatic carbocycles. The van der Waals surface area contributed by atoms with E-state index in [1.54, 1.807) is 6.33 Å². The Morgan fingerprint density at radius 1 is 0.750 bits per heavy atom. The quantitative estimate of drug-likeness (QED) is 0.274. The van der Waals surface area contributed by atoms with E-state index in [4.69, 9.17) is 15.0 Å². The molecular weight excluding hydrogens is 464 g/mol. The van der Waals surface area contributed by atoms with Crippen molar-refractivity contribution in [1.82, 2.24) is 29.9 Å². The van der Waals surface area contributed by atoms with Crippen molar-refractivity contribution in [3.05, 3.63) is 70.8 Å². The molecule has 3 rings (SSSR count). The van der Waals surface area contributed by atoms with Crippen LogP contribution in [0.3, 0.4) is 0 Å². The second-order valence-electron chi connectivity index (χ2n) is 10.8. The van der Waals surface area contributed by atoms with Gasteiger partial charge in [0.1, 0.15) is 18.0 Å². The van der Waals surface area contributed by atoms with E-state index < -0.39 is 0 Å². The van der Waals surface area contributed by atoms with E-state index >= 15 is 0 Å². The summed E-state index contributed by atoms with van der Waals surface area (Å²) in [4.78, 5) is 28.1. The SMILES string of the molecule is CC(C)c1cc(C(C)CCC(C)c2nccc(C(C)C)n2)nc(CC(C)c2ncncc2C(C)S)n1. The average molecular weight is 507 g/mol. The van der Waals surface area contributed by atoms with E-state index in [-0.39, 0.29) is 11.2 Å². The maximum atomic E-state index is 5.04. The van der Waals surface area contributed by atoms with E-state index in [9.17, 15) is 0 Å². The van der Waals surface area contributed by atoms with E-state index in [2.05, 4.69) is 89.0 Å². The Hall–Kier alpha value is -2.41. The molecule has 0 aliphatic heterocycles. The lowest BCUT2D eigenvalue weighted by atomic mass is 9.93. The van der Waals surface area contributed by atoms with E-state index in [0.717, 1.165) is 59.3 Å². The topological polar surface area (TPSA) is 77.3 Å². The van der Waals surface area contributed by atoms with Crippen LogP contribution >= 0.6 is 12.6 Å². The summed E-state index contributed by atoms with van der Waals surface area (Å²) in [6, 6.07) is 4.21. The Balaban J connectivity index is 1.77. The Kier molecular flexibility index (Phi) is 9.94. The number of thiol groups is 1. The van der Waals surface area contributed by atoms with Crippen LogP contribution in [0, 0.1) is 0 Å². The molecule has 0 aliphatic rings. The lowest BCUT2D eigenvalue weighted by molar-refractivity contribution is 0.540. The third-order valence-corrected chi connectivity index (χ3v) is 7.13. The molecule has 7 heteroatoms. The Morgan fingerprint density at radius 3 is 2.08 bits per heavy atom. The van der Waals surface area contributed by atoms with Crippen LogP contribution in [0.15, 0.2) is 30.9 Å². The first-order valence-electron chi connectivity index (χ1n) is 13.2. The summed E-state index contributed by atoms with van der Waals surface area (Å²) in [5.41, 5.74) is 5.42. The minimum atomic E-state index is 0.0781. The highest BCUT2D eigenvalue weighted by atomic mass is 32.1. The van der Waals surface area contributed by atoms with Crippen LogP contribution in [0.4, 0.5) is 0 Å². The van der Waals surface area contributed by atoms with Crippen LogP contribution < -0.4 is 0 Å². The molecule has 0 amide bonds. The number of aromatic nitrogens is 6. The molecular formula is C29H42N6S. The molecule has 6 nitrogen and oxygen atoms in total. The van der Waals surface area contributed by atoms with Gasteiger partial charge in [0.15, 0.2) is 0 Å². The molecule has 0 aliphatic carbocycles. The maximum Gasteiger partial charge on any atom is 0.131 e. The van der Waals surface area contributed by atoms with Gasteiger partial charge in [0, 0.05) is 58.5 Å². The summed E-state index contributed by atoms with van der Waals surface area (Å²) in [6.07, 6.45) is 8.15. The van der Waals surface area contributed by atoms with Crippen molar-refractivity contribution in [2.45, 2.75) is 109 Å². The molecule has 4 atom stereocenters. The van der Waals surface area contributed by atoms with Gasteiger partial charge in [0.05, 0.1) is 5.69 Å². The largest absolute Gasteiger partial charge is 0.244 e. The second-order valence-corrected chi connectivity index (χ2v) is 11.6. The minimum absolute atomic E-state index is 0.0781. The minimum Gasteiger partial charge on any atom is -0.244 e. The molecule has 0 N–H and O–H groups in total. The molecule has 0 bridgehead atoms. The molecule has 0 saturated carbocycles. The highest BCUT2D eigenvalue weighted by Crippen LogP contribution is 2.30. The van der Waals surface area contributed by atoms with Gasteiger partial charge >= 0.3 is 0 Å². The lowest BCUT2D eigenvalue weighted by Gasteiger charge is -2.19. The average Bonchev–Trinajstić information content (AvgIpc) is 2.86. The number of nitrogens with zero attached hydrogens (tertiary/aromatic N) is 6. The van der Waals surface area contributed by atoms with Crippen molar-refractivity contribution < 1.29 is 0 Å². The molecule has 3 aromatic heterocycles. The fourth-order valence-electron chi connectivity index (χ4n) is 4.36. The smallest absolute Gasteiger partial charge is 0.131 e. The molecule has 3 heterocycles. The van der Waals surface area contributed by atoms with Gasteiger partial charge in [0.2, 0.25) is 0 Å². The van der Waals surface area contributed by atoms with Gasteiger partial charge in [-0.25, -0.2) is 29.9 Å². The number of hydrogen-bond acceptors (Lipinski definition) is 7. The number of rotatable bonds is 11. The van der Waals surface area contributed by atoms with Gasteiger partial charge in [-0.15, -0.1) is 0 Å². The summed E-state index contributed by atoms with van der Waals surface area (Å²) in [5, 5.41) is 0.0781. The van der Waals surface area contributed by atoms with Gasteiger partial charge < -0.3 is 0 Å². The molecule has 0 spiro atoms. The van der Waals surface area contributed by atoms with Crippen molar-refractivity contribution in [2.75, 3.05) is 0 Å². The van der Waals surface area contributed by atoms with Crippen LogP contribution in [-0.4, -0.2) is 29.9 Å². The Labute approximate surface area is 222 Å². The van der Waals surface area contributed by atoms with E-state index in [1.807, 2.05) is 18.5 Å². The number of hydrogen-bond donors (Lipinski definition) is 1. The standard InChI is InChI=1S/C29H42N6S/c1-17(2)24-11-12-31-29(35-24)20(6)10-9-19(5)26-14-25(18(3)4)33-27(34-26)13-21(7)28-23(22(8)36)15-30-16-32-28/h11-12,14-22,36H,9-10,13H2,1-8H3. The highest BCUT2D eigenvalue weighted by molar-refractivity contribution is 7.80. The van der Waals surface area contributed by atoms with Gasteiger partial charge in [-0.2, -0.15) is 12.6 Å².